The van der Waals surface area contributed by atoms with Gasteiger partial charge < -0.3 is 0 Å². The third kappa shape index (κ3) is 3.78. The maximum atomic E-state index is 11.3. The monoisotopic (exact) mass is 362 g/mol. The predicted octanol–water partition coefficient (Wildman–Crippen LogP) is 4.91. The van der Waals surface area contributed by atoms with Crippen LogP contribution in [0.1, 0.15) is 21.3 Å². The minimum absolute atomic E-state index is 0.00782. The molecular formula is C10H7BrCl4O. The molecular weight excluding hydrogens is 358 g/mol. The lowest BCUT2D eigenvalue weighted by atomic mass is 10.1. The van der Waals surface area contributed by atoms with Crippen LogP contribution in [0, 0.1) is 0 Å². The summed E-state index contributed by atoms with van der Waals surface area (Å²) in [6, 6.07) is 6.67. The van der Waals surface area contributed by atoms with Crippen molar-refractivity contribution in [1.82, 2.24) is 0 Å². The van der Waals surface area contributed by atoms with E-state index < -0.39 is 9.17 Å². The Labute approximate surface area is 122 Å². The summed E-state index contributed by atoms with van der Waals surface area (Å²) in [5, 5.41) is -0.466. The van der Waals surface area contributed by atoms with Crippen LogP contribution in [-0.4, -0.2) is 14.9 Å². The molecule has 1 aromatic rings. The minimum atomic E-state index is -1.57. The first kappa shape index (κ1) is 14.6. The van der Waals surface area contributed by atoms with Crippen LogP contribution in [0.25, 0.3) is 0 Å². The smallest absolute Gasteiger partial charge is 0.210 e. The van der Waals surface area contributed by atoms with E-state index in [9.17, 15) is 4.79 Å². The molecule has 6 heteroatoms. The Morgan fingerprint density at radius 1 is 1.25 bits per heavy atom. The number of carbonyl (C=O) groups is 1. The fraction of sp³-hybridized carbons (Fsp3) is 0.300. The van der Waals surface area contributed by atoms with E-state index in [1.165, 1.54) is 0 Å². The Morgan fingerprint density at radius 3 is 2.12 bits per heavy atom. The number of rotatable bonds is 3. The molecule has 0 aliphatic rings. The van der Waals surface area contributed by atoms with Crippen LogP contribution in [0.4, 0.5) is 0 Å². The number of hydrogen-bond donors (Lipinski definition) is 0. The minimum Gasteiger partial charge on any atom is -0.293 e. The molecule has 0 aliphatic heterocycles. The molecule has 0 saturated carbocycles. The Hall–Kier alpha value is 0.530. The summed E-state index contributed by atoms with van der Waals surface area (Å²) < 4.78 is -1.57. The molecule has 1 nitrogen and oxygen atoms in total. The van der Waals surface area contributed by atoms with E-state index >= 15 is 0 Å². The van der Waals surface area contributed by atoms with Crippen molar-refractivity contribution < 1.29 is 4.79 Å². The molecule has 88 valence electrons. The average Bonchev–Trinajstić information content (AvgIpc) is 2.26. The summed E-state index contributed by atoms with van der Waals surface area (Å²) in [7, 11) is 0. The molecule has 0 fully saturated rings. The maximum absolute atomic E-state index is 11.3. The highest BCUT2D eigenvalue weighted by Crippen LogP contribution is 2.44. The summed E-state index contributed by atoms with van der Waals surface area (Å²) in [6.07, 6.45) is 0. The second-order valence-electron chi connectivity index (χ2n) is 3.08. The Bertz CT molecular complexity index is 371. The first-order valence-corrected chi connectivity index (χ1v) is 6.95. The van der Waals surface area contributed by atoms with E-state index in [0.717, 1.165) is 0 Å². The van der Waals surface area contributed by atoms with Crippen molar-refractivity contribution in [3.8, 4) is 0 Å². The molecule has 0 saturated heterocycles. The molecule has 0 bridgehead atoms. The van der Waals surface area contributed by atoms with Crippen molar-refractivity contribution in [1.29, 1.82) is 0 Å². The summed E-state index contributed by atoms with van der Waals surface area (Å²) >= 11 is 26.1. The standard InChI is InChI=1S/C10H7BrCl4O/c11-5-8(16)6-1-3-7(4-2-6)9(12)10(13,14)15/h1-4,9H,5H2. The highest BCUT2D eigenvalue weighted by molar-refractivity contribution is 9.09. The first-order chi connectivity index (χ1) is 7.36. The topological polar surface area (TPSA) is 17.1 Å². The summed E-state index contributed by atoms with van der Waals surface area (Å²) in [5.41, 5.74) is 1.25. The van der Waals surface area contributed by atoms with E-state index in [4.69, 9.17) is 46.4 Å². The van der Waals surface area contributed by atoms with Gasteiger partial charge in [-0.25, -0.2) is 0 Å². The zero-order chi connectivity index (χ0) is 12.3. The maximum Gasteiger partial charge on any atom is 0.210 e. The van der Waals surface area contributed by atoms with Gasteiger partial charge in [0, 0.05) is 5.56 Å². The molecule has 0 radical (unpaired) electrons. The molecule has 16 heavy (non-hydrogen) atoms. The van der Waals surface area contributed by atoms with Crippen molar-refractivity contribution in [2.75, 3.05) is 5.33 Å². The van der Waals surface area contributed by atoms with Crippen molar-refractivity contribution in [3.63, 3.8) is 0 Å². The lowest BCUT2D eigenvalue weighted by molar-refractivity contribution is 0.102. The van der Waals surface area contributed by atoms with E-state index in [2.05, 4.69) is 15.9 Å². The molecule has 1 aromatic carbocycles. The molecule has 0 aliphatic carbocycles. The Balaban J connectivity index is 2.91. The third-order valence-electron chi connectivity index (χ3n) is 1.93. The van der Waals surface area contributed by atoms with Crippen molar-refractivity contribution in [3.05, 3.63) is 35.4 Å². The fourth-order valence-corrected chi connectivity index (χ4v) is 1.95. The molecule has 0 spiro atoms. The van der Waals surface area contributed by atoms with Gasteiger partial charge in [-0.15, -0.1) is 11.6 Å². The van der Waals surface area contributed by atoms with Crippen LogP contribution in [0.15, 0.2) is 24.3 Å². The van der Waals surface area contributed by atoms with Crippen molar-refractivity contribution >= 4 is 68.1 Å². The molecule has 1 unspecified atom stereocenters. The van der Waals surface area contributed by atoms with Crippen LogP contribution in [0.5, 0.6) is 0 Å². The Kier molecular flexibility index (Phi) is 5.40. The zero-order valence-corrected chi connectivity index (χ0v) is 12.5. The molecule has 0 aromatic heterocycles. The van der Waals surface area contributed by atoms with E-state index in [0.29, 0.717) is 11.1 Å². The number of hydrogen-bond acceptors (Lipinski definition) is 1. The summed E-state index contributed by atoms with van der Waals surface area (Å²) in [5.74, 6) is -0.00782. The number of alkyl halides is 5. The average molecular weight is 365 g/mol. The molecule has 0 heterocycles. The predicted molar refractivity (Wildman–Crippen MR) is 73.5 cm³/mol. The van der Waals surface area contributed by atoms with Crippen LogP contribution in [0.3, 0.4) is 0 Å². The zero-order valence-electron chi connectivity index (χ0n) is 7.89. The SMILES string of the molecule is O=C(CBr)c1ccc(C(Cl)C(Cl)(Cl)Cl)cc1. The van der Waals surface area contributed by atoms with Gasteiger partial charge in [0.15, 0.2) is 5.78 Å². The largest absolute Gasteiger partial charge is 0.293 e. The highest BCUT2D eigenvalue weighted by Gasteiger charge is 2.32. The fourth-order valence-electron chi connectivity index (χ4n) is 1.10. The van der Waals surface area contributed by atoms with Crippen LogP contribution < -0.4 is 0 Å². The normalized spacial score (nSPS) is 13.6. The van der Waals surface area contributed by atoms with Gasteiger partial charge in [0.2, 0.25) is 3.79 Å². The van der Waals surface area contributed by atoms with E-state index in [-0.39, 0.29) is 11.1 Å². The highest BCUT2D eigenvalue weighted by atomic mass is 79.9. The number of halogens is 5. The van der Waals surface area contributed by atoms with Crippen molar-refractivity contribution in [2.24, 2.45) is 0 Å². The van der Waals surface area contributed by atoms with Gasteiger partial charge in [0.05, 0.1) is 5.33 Å². The first-order valence-electron chi connectivity index (χ1n) is 4.26. The van der Waals surface area contributed by atoms with E-state index in [1.807, 2.05) is 0 Å². The van der Waals surface area contributed by atoms with Gasteiger partial charge in [0.25, 0.3) is 0 Å². The van der Waals surface area contributed by atoms with Crippen LogP contribution >= 0.6 is 62.3 Å². The van der Waals surface area contributed by atoms with Gasteiger partial charge in [0.1, 0.15) is 5.38 Å². The van der Waals surface area contributed by atoms with Crippen LogP contribution in [0.2, 0.25) is 0 Å². The van der Waals surface area contributed by atoms with Gasteiger partial charge in [-0.2, -0.15) is 0 Å². The quantitative estimate of drug-likeness (QED) is 0.550. The summed E-state index contributed by atoms with van der Waals surface area (Å²) in [4.78, 5) is 11.3. The molecule has 1 atom stereocenters. The van der Waals surface area contributed by atoms with Gasteiger partial charge in [-0.05, 0) is 5.56 Å². The third-order valence-corrected chi connectivity index (χ3v) is 4.01. The van der Waals surface area contributed by atoms with Gasteiger partial charge >= 0.3 is 0 Å². The number of carbonyl (C=O) groups excluding carboxylic acids is 1. The second-order valence-corrected chi connectivity index (χ2v) is 6.45. The lowest BCUT2D eigenvalue weighted by Gasteiger charge is -2.18. The molecule has 0 N–H and O–H groups in total. The second kappa shape index (κ2) is 5.92. The number of benzene rings is 1. The number of ketones is 1. The Morgan fingerprint density at radius 2 is 1.75 bits per heavy atom. The molecule has 0 amide bonds. The van der Waals surface area contributed by atoms with Gasteiger partial charge in [-0.3, -0.25) is 4.79 Å². The van der Waals surface area contributed by atoms with Crippen molar-refractivity contribution in [2.45, 2.75) is 9.17 Å². The number of Topliss-reactive ketones (excluding diaryl/α,β-unsaturated/α-hetero) is 1. The van der Waals surface area contributed by atoms with E-state index in [1.54, 1.807) is 24.3 Å². The lowest BCUT2D eigenvalue weighted by Crippen LogP contribution is -2.11. The molecule has 1 rings (SSSR count). The summed E-state index contributed by atoms with van der Waals surface area (Å²) in [6.45, 7) is 0. The van der Waals surface area contributed by atoms with Gasteiger partial charge in [-0.1, -0.05) is 75.0 Å². The van der Waals surface area contributed by atoms with Crippen LogP contribution in [-0.2, 0) is 0 Å².